The molecule has 1 aliphatic carbocycles. The van der Waals surface area contributed by atoms with Crippen molar-refractivity contribution in [1.82, 2.24) is 0 Å². The van der Waals surface area contributed by atoms with E-state index in [-0.39, 0.29) is 44.7 Å². The van der Waals surface area contributed by atoms with Gasteiger partial charge in [-0.05, 0) is 43.3 Å². The maximum Gasteiger partial charge on any atom is 0.342 e. The van der Waals surface area contributed by atoms with Crippen LogP contribution in [0.1, 0.15) is 49.1 Å². The number of halogens is 1. The van der Waals surface area contributed by atoms with E-state index in [9.17, 15) is 24.3 Å². The summed E-state index contributed by atoms with van der Waals surface area (Å²) in [6.07, 6.45) is -1.20. The quantitative estimate of drug-likeness (QED) is 0.455. The number of carbonyl (C=O) groups is 4. The first-order valence-corrected chi connectivity index (χ1v) is 9.97. The average Bonchev–Trinajstić information content (AvgIpc) is 2.77. The second kappa shape index (κ2) is 8.28. The summed E-state index contributed by atoms with van der Waals surface area (Å²) < 4.78 is 5.11. The van der Waals surface area contributed by atoms with Gasteiger partial charge in [-0.3, -0.25) is 14.4 Å². The van der Waals surface area contributed by atoms with Crippen LogP contribution in [0.2, 0.25) is 5.02 Å². The van der Waals surface area contributed by atoms with Gasteiger partial charge in [0.15, 0.2) is 17.7 Å². The van der Waals surface area contributed by atoms with Crippen LogP contribution in [-0.4, -0.2) is 34.7 Å². The molecule has 0 radical (unpaired) electrons. The minimum Gasteiger partial charge on any atom is -0.507 e. The summed E-state index contributed by atoms with van der Waals surface area (Å²) in [6.45, 7) is 1.36. The van der Waals surface area contributed by atoms with E-state index in [1.54, 1.807) is 24.3 Å². The first-order valence-electron chi connectivity index (χ1n) is 9.59. The lowest BCUT2D eigenvalue weighted by atomic mass is 9.84. The molecule has 2 N–H and O–H groups in total. The van der Waals surface area contributed by atoms with Crippen molar-refractivity contribution in [3.8, 4) is 5.75 Å². The molecule has 1 aliphatic rings. The van der Waals surface area contributed by atoms with Gasteiger partial charge in [0, 0.05) is 33.0 Å². The van der Waals surface area contributed by atoms with Crippen LogP contribution < -0.4 is 5.32 Å². The molecule has 0 fully saturated rings. The van der Waals surface area contributed by atoms with Crippen molar-refractivity contribution in [2.75, 3.05) is 5.32 Å². The van der Waals surface area contributed by atoms with Gasteiger partial charge >= 0.3 is 5.97 Å². The Kier molecular flexibility index (Phi) is 5.50. The van der Waals surface area contributed by atoms with Crippen molar-refractivity contribution in [2.24, 2.45) is 0 Å². The molecule has 0 heterocycles. The van der Waals surface area contributed by atoms with E-state index in [0.29, 0.717) is 11.1 Å². The molecular weight excluding hydrogens is 434 g/mol. The topological polar surface area (TPSA) is 110 Å². The van der Waals surface area contributed by atoms with Gasteiger partial charge in [-0.25, -0.2) is 4.79 Å². The SMILES string of the molecule is CC(OC(=O)c1ccc(Cl)cc1O)C(=O)Nc1ccc2c(c1)C(=O)c1ccccc1C2=O. The summed E-state index contributed by atoms with van der Waals surface area (Å²) in [4.78, 5) is 50.2. The molecule has 8 heteroatoms. The Morgan fingerprint density at radius 1 is 0.906 bits per heavy atom. The van der Waals surface area contributed by atoms with Gasteiger partial charge in [0.1, 0.15) is 11.3 Å². The minimum absolute atomic E-state index is 0.134. The summed E-state index contributed by atoms with van der Waals surface area (Å²) in [5.41, 5.74) is 1.22. The fourth-order valence-electron chi connectivity index (χ4n) is 3.38. The number of hydrogen-bond donors (Lipinski definition) is 2. The summed E-state index contributed by atoms with van der Waals surface area (Å²) in [5.74, 6) is -2.50. The molecule has 3 aromatic carbocycles. The molecule has 0 aromatic heterocycles. The lowest BCUT2D eigenvalue weighted by molar-refractivity contribution is -0.123. The zero-order valence-corrected chi connectivity index (χ0v) is 17.5. The fraction of sp³-hybridized carbons (Fsp3) is 0.0833. The van der Waals surface area contributed by atoms with E-state index in [4.69, 9.17) is 16.3 Å². The number of fused-ring (bicyclic) bond motifs is 2. The number of esters is 1. The first kappa shape index (κ1) is 21.3. The number of phenols is 1. The third-order valence-corrected chi connectivity index (χ3v) is 5.26. The van der Waals surface area contributed by atoms with Crippen molar-refractivity contribution in [3.05, 3.63) is 93.5 Å². The number of hydrogen-bond acceptors (Lipinski definition) is 6. The van der Waals surface area contributed by atoms with Crippen LogP contribution in [0.4, 0.5) is 5.69 Å². The van der Waals surface area contributed by atoms with Crippen molar-refractivity contribution >= 4 is 40.7 Å². The maximum atomic E-state index is 12.8. The Balaban J connectivity index is 1.50. The monoisotopic (exact) mass is 449 g/mol. The van der Waals surface area contributed by atoms with Crippen LogP contribution in [0, 0.1) is 0 Å². The average molecular weight is 450 g/mol. The zero-order chi connectivity index (χ0) is 23.0. The Morgan fingerprint density at radius 3 is 2.19 bits per heavy atom. The number of ether oxygens (including phenoxy) is 1. The number of phenolic OH excluding ortho intramolecular Hbond substituents is 1. The Labute approximate surface area is 187 Å². The van der Waals surface area contributed by atoms with E-state index >= 15 is 0 Å². The molecule has 32 heavy (non-hydrogen) atoms. The van der Waals surface area contributed by atoms with Gasteiger partial charge in [-0.15, -0.1) is 0 Å². The van der Waals surface area contributed by atoms with Crippen LogP contribution in [0.3, 0.4) is 0 Å². The molecule has 0 spiro atoms. The molecule has 7 nitrogen and oxygen atoms in total. The van der Waals surface area contributed by atoms with Crippen LogP contribution in [0.5, 0.6) is 5.75 Å². The summed E-state index contributed by atoms with van der Waals surface area (Å²) in [5, 5.41) is 12.6. The largest absolute Gasteiger partial charge is 0.507 e. The van der Waals surface area contributed by atoms with Gasteiger partial charge in [0.25, 0.3) is 5.91 Å². The third-order valence-electron chi connectivity index (χ3n) is 5.03. The Bertz CT molecular complexity index is 1300. The predicted octanol–water partition coefficient (Wildman–Crippen LogP) is 4.01. The molecule has 3 aromatic rings. The highest BCUT2D eigenvalue weighted by Crippen LogP contribution is 2.29. The molecule has 4 rings (SSSR count). The molecule has 0 bridgehead atoms. The summed E-state index contributed by atoms with van der Waals surface area (Å²) in [7, 11) is 0. The maximum absolute atomic E-state index is 12.8. The number of benzene rings is 3. The first-order chi connectivity index (χ1) is 15.3. The van der Waals surface area contributed by atoms with Gasteiger partial charge in [-0.1, -0.05) is 35.9 Å². The lowest BCUT2D eigenvalue weighted by Gasteiger charge is -2.19. The molecule has 1 amide bonds. The standard InChI is InChI=1S/C24H16ClNO6/c1-12(32-24(31)18-8-6-13(25)10-20(18)27)23(30)26-14-7-9-17-19(11-14)22(29)16-5-3-2-4-15(16)21(17)28/h2-12,27H,1H3,(H,26,30). The number of aromatic hydroxyl groups is 1. The number of nitrogens with one attached hydrogen (secondary N) is 1. The third kappa shape index (κ3) is 3.86. The summed E-state index contributed by atoms with van der Waals surface area (Å²) in [6, 6.07) is 14.8. The molecule has 1 unspecified atom stereocenters. The van der Waals surface area contributed by atoms with Crippen molar-refractivity contribution in [1.29, 1.82) is 0 Å². The fourth-order valence-corrected chi connectivity index (χ4v) is 3.54. The second-order valence-electron chi connectivity index (χ2n) is 7.16. The van der Waals surface area contributed by atoms with Crippen LogP contribution in [0.15, 0.2) is 60.7 Å². The van der Waals surface area contributed by atoms with E-state index in [1.165, 1.54) is 43.3 Å². The van der Waals surface area contributed by atoms with E-state index in [1.807, 2.05) is 0 Å². The second-order valence-corrected chi connectivity index (χ2v) is 7.60. The van der Waals surface area contributed by atoms with Gasteiger partial charge < -0.3 is 15.2 Å². The van der Waals surface area contributed by atoms with E-state index in [2.05, 4.69) is 5.32 Å². The number of ketones is 2. The Hall–Kier alpha value is -3.97. The van der Waals surface area contributed by atoms with Crippen LogP contribution in [0.25, 0.3) is 0 Å². The minimum atomic E-state index is -1.20. The number of carbonyl (C=O) groups excluding carboxylic acids is 4. The normalized spacial score (nSPS) is 13.1. The molecule has 0 aliphatic heterocycles. The Morgan fingerprint density at radius 2 is 1.53 bits per heavy atom. The molecule has 1 atom stereocenters. The number of amides is 1. The van der Waals surface area contributed by atoms with Crippen LogP contribution >= 0.6 is 11.6 Å². The highest BCUT2D eigenvalue weighted by atomic mass is 35.5. The van der Waals surface area contributed by atoms with Crippen molar-refractivity contribution in [3.63, 3.8) is 0 Å². The van der Waals surface area contributed by atoms with Gasteiger partial charge in [0.05, 0.1) is 0 Å². The highest BCUT2D eigenvalue weighted by molar-refractivity contribution is 6.31. The van der Waals surface area contributed by atoms with E-state index in [0.717, 1.165) is 0 Å². The van der Waals surface area contributed by atoms with Crippen molar-refractivity contribution < 1.29 is 29.0 Å². The highest BCUT2D eigenvalue weighted by Gasteiger charge is 2.30. The van der Waals surface area contributed by atoms with Crippen molar-refractivity contribution in [2.45, 2.75) is 13.0 Å². The van der Waals surface area contributed by atoms with Gasteiger partial charge in [-0.2, -0.15) is 0 Å². The smallest absolute Gasteiger partial charge is 0.342 e. The molecular formula is C24H16ClNO6. The predicted molar refractivity (Wildman–Crippen MR) is 116 cm³/mol. The molecule has 160 valence electrons. The van der Waals surface area contributed by atoms with Crippen LogP contribution in [-0.2, 0) is 9.53 Å². The molecule has 0 saturated carbocycles. The van der Waals surface area contributed by atoms with Gasteiger partial charge in [0.2, 0.25) is 0 Å². The van der Waals surface area contributed by atoms with E-state index < -0.39 is 18.0 Å². The number of rotatable bonds is 4. The molecule has 0 saturated heterocycles. The number of anilines is 1. The zero-order valence-electron chi connectivity index (χ0n) is 16.7. The summed E-state index contributed by atoms with van der Waals surface area (Å²) >= 11 is 5.74. The lowest BCUT2D eigenvalue weighted by Crippen LogP contribution is -2.30.